The van der Waals surface area contributed by atoms with Crippen LogP contribution in [-0.4, -0.2) is 69.5 Å². The second-order valence-electron chi connectivity index (χ2n) is 10.1. The first-order valence-electron chi connectivity index (χ1n) is 12.6. The van der Waals surface area contributed by atoms with Gasteiger partial charge in [0.2, 0.25) is 5.91 Å². The SMILES string of the molecule is CC(=O)N(CC(=O)O)[C@H]1C[C@H]2CC[C@@H](C1)N2CC1CNc2ccc(Oc3nc4ccccc4s3)cc21. The predicted octanol–water partition coefficient (Wildman–Crippen LogP) is 4.53. The number of carbonyl (C=O) groups is 2. The zero-order valence-electron chi connectivity index (χ0n) is 20.2. The van der Waals surface area contributed by atoms with E-state index >= 15 is 0 Å². The van der Waals surface area contributed by atoms with E-state index in [4.69, 9.17) is 4.74 Å². The zero-order valence-corrected chi connectivity index (χ0v) is 21.0. The van der Waals surface area contributed by atoms with Gasteiger partial charge in [0, 0.05) is 49.7 Å². The van der Waals surface area contributed by atoms with Crippen molar-refractivity contribution in [3.8, 4) is 10.9 Å². The van der Waals surface area contributed by atoms with Crippen LogP contribution in [0.5, 0.6) is 10.9 Å². The highest BCUT2D eigenvalue weighted by atomic mass is 32.1. The molecule has 9 heteroatoms. The van der Waals surface area contributed by atoms with Crippen LogP contribution in [-0.2, 0) is 9.59 Å². The van der Waals surface area contributed by atoms with Gasteiger partial charge < -0.3 is 20.1 Å². The average Bonchev–Trinajstić information content (AvgIpc) is 3.50. The number of carboxylic acids is 1. The highest BCUT2D eigenvalue weighted by Gasteiger charge is 2.44. The smallest absolute Gasteiger partial charge is 0.323 e. The molecular weight excluding hydrogens is 476 g/mol. The number of anilines is 1. The fourth-order valence-corrected chi connectivity index (χ4v) is 7.14. The van der Waals surface area contributed by atoms with E-state index in [0.29, 0.717) is 23.2 Å². The molecule has 1 unspecified atom stereocenters. The molecule has 2 saturated heterocycles. The van der Waals surface area contributed by atoms with Gasteiger partial charge in [0.15, 0.2) is 0 Å². The van der Waals surface area contributed by atoms with Crippen molar-refractivity contribution >= 4 is 39.1 Å². The van der Waals surface area contributed by atoms with E-state index in [1.807, 2.05) is 24.3 Å². The van der Waals surface area contributed by atoms with E-state index in [2.05, 4.69) is 33.4 Å². The highest BCUT2D eigenvalue weighted by molar-refractivity contribution is 7.20. The van der Waals surface area contributed by atoms with Gasteiger partial charge in [0.1, 0.15) is 12.3 Å². The molecule has 36 heavy (non-hydrogen) atoms. The number of thiazole rings is 1. The topological polar surface area (TPSA) is 95.0 Å². The second kappa shape index (κ2) is 9.37. The standard InChI is InChI=1S/C27H30N4O4S/c1-16(32)30(15-26(33)34)20-10-18-6-7-19(11-20)31(18)14-17-13-28-23-9-8-21(12-22(17)23)35-27-29-24-4-2-3-5-25(24)36-27/h2-5,8-9,12,17-20,28H,6-7,10-11,13-15H2,1H3,(H,33,34)/t17?,18-,19+,20+. The molecule has 2 aromatic carbocycles. The van der Waals surface area contributed by atoms with Crippen LogP contribution in [0.4, 0.5) is 5.69 Å². The van der Waals surface area contributed by atoms with Gasteiger partial charge in [-0.25, -0.2) is 4.98 Å². The zero-order chi connectivity index (χ0) is 24.8. The molecule has 4 atom stereocenters. The lowest BCUT2D eigenvalue weighted by Crippen LogP contribution is -2.53. The molecule has 4 heterocycles. The third kappa shape index (κ3) is 4.41. The molecule has 3 aromatic rings. The van der Waals surface area contributed by atoms with Crippen LogP contribution in [0.2, 0.25) is 0 Å². The number of fused-ring (bicyclic) bond motifs is 4. The van der Waals surface area contributed by atoms with Crippen molar-refractivity contribution in [3.05, 3.63) is 48.0 Å². The van der Waals surface area contributed by atoms with Crippen molar-refractivity contribution in [1.29, 1.82) is 0 Å². The summed E-state index contributed by atoms with van der Waals surface area (Å²) in [5.74, 6) is 0.0535. The first-order valence-corrected chi connectivity index (χ1v) is 13.4. The third-order valence-corrected chi connectivity index (χ3v) is 8.84. The van der Waals surface area contributed by atoms with Crippen molar-refractivity contribution in [1.82, 2.24) is 14.8 Å². The highest BCUT2D eigenvalue weighted by Crippen LogP contribution is 2.42. The van der Waals surface area contributed by atoms with Gasteiger partial charge in [-0.15, -0.1) is 0 Å². The maximum Gasteiger partial charge on any atom is 0.323 e. The van der Waals surface area contributed by atoms with Crippen LogP contribution in [0.25, 0.3) is 10.2 Å². The Hall–Kier alpha value is -3.17. The first kappa shape index (κ1) is 23.2. The molecular formula is C27H30N4O4S. The van der Waals surface area contributed by atoms with E-state index < -0.39 is 5.97 Å². The lowest BCUT2D eigenvalue weighted by atomic mass is 9.92. The monoisotopic (exact) mass is 506 g/mol. The Labute approximate surface area is 213 Å². The van der Waals surface area contributed by atoms with Crippen molar-refractivity contribution in [3.63, 3.8) is 0 Å². The van der Waals surface area contributed by atoms with Gasteiger partial charge in [0.05, 0.1) is 10.2 Å². The lowest BCUT2D eigenvalue weighted by Gasteiger charge is -2.43. The third-order valence-electron chi connectivity index (χ3n) is 7.92. The number of amides is 1. The van der Waals surface area contributed by atoms with Crippen molar-refractivity contribution in [2.45, 2.75) is 56.7 Å². The van der Waals surface area contributed by atoms with Crippen LogP contribution < -0.4 is 10.1 Å². The summed E-state index contributed by atoms with van der Waals surface area (Å²) in [6, 6.07) is 15.1. The molecule has 2 bridgehead atoms. The van der Waals surface area contributed by atoms with Crippen molar-refractivity contribution in [2.75, 3.05) is 25.0 Å². The van der Waals surface area contributed by atoms with Gasteiger partial charge in [-0.3, -0.25) is 14.5 Å². The fraction of sp³-hybridized carbons (Fsp3) is 0.444. The van der Waals surface area contributed by atoms with Crippen molar-refractivity contribution < 1.29 is 19.4 Å². The molecule has 188 valence electrons. The molecule has 1 amide bonds. The summed E-state index contributed by atoms with van der Waals surface area (Å²) >= 11 is 1.55. The normalized spacial score (nSPS) is 24.9. The number of para-hydroxylation sites is 1. The maximum atomic E-state index is 12.1. The number of rotatable bonds is 7. The summed E-state index contributed by atoms with van der Waals surface area (Å²) in [5, 5.41) is 13.5. The van der Waals surface area contributed by atoms with Crippen LogP contribution in [0.15, 0.2) is 42.5 Å². The number of hydrogen-bond donors (Lipinski definition) is 2. The molecule has 0 saturated carbocycles. The van der Waals surface area contributed by atoms with Gasteiger partial charge in [-0.05, 0) is 61.6 Å². The number of hydrogen-bond acceptors (Lipinski definition) is 7. The van der Waals surface area contributed by atoms with Crippen LogP contribution >= 0.6 is 11.3 Å². The van der Waals surface area contributed by atoms with E-state index in [0.717, 1.165) is 60.4 Å². The Bertz CT molecular complexity index is 1260. The van der Waals surface area contributed by atoms with Crippen LogP contribution in [0.3, 0.4) is 0 Å². The Balaban J connectivity index is 1.15. The van der Waals surface area contributed by atoms with Gasteiger partial charge in [-0.1, -0.05) is 23.5 Å². The van der Waals surface area contributed by atoms with E-state index in [-0.39, 0.29) is 18.5 Å². The minimum Gasteiger partial charge on any atom is -0.480 e. The number of carboxylic acid groups (broad SMARTS) is 1. The predicted molar refractivity (Wildman–Crippen MR) is 139 cm³/mol. The number of aromatic nitrogens is 1. The molecule has 0 spiro atoms. The average molecular weight is 507 g/mol. The molecule has 6 rings (SSSR count). The number of nitrogens with one attached hydrogen (secondary N) is 1. The number of ether oxygens (including phenoxy) is 1. The molecule has 2 N–H and O–H groups in total. The number of nitrogens with zero attached hydrogens (tertiary/aromatic N) is 3. The molecule has 2 fully saturated rings. The molecule has 0 radical (unpaired) electrons. The number of carbonyl (C=O) groups excluding carboxylic acids is 1. The van der Waals surface area contributed by atoms with Gasteiger partial charge in [-0.2, -0.15) is 0 Å². The maximum absolute atomic E-state index is 12.1. The summed E-state index contributed by atoms with van der Waals surface area (Å²) in [7, 11) is 0. The van der Waals surface area contributed by atoms with E-state index in [1.54, 1.807) is 16.2 Å². The van der Waals surface area contributed by atoms with Crippen molar-refractivity contribution in [2.24, 2.45) is 0 Å². The lowest BCUT2D eigenvalue weighted by molar-refractivity contribution is -0.146. The molecule has 0 aliphatic carbocycles. The first-order chi connectivity index (χ1) is 17.4. The second-order valence-corrected chi connectivity index (χ2v) is 11.1. The minimum atomic E-state index is -0.947. The van der Waals surface area contributed by atoms with Crippen LogP contribution in [0, 0.1) is 0 Å². The Kier molecular flexibility index (Phi) is 6.05. The minimum absolute atomic E-state index is 0.00940. The number of benzene rings is 2. The summed E-state index contributed by atoms with van der Waals surface area (Å²) in [6.45, 7) is 3.10. The fourth-order valence-electron chi connectivity index (χ4n) is 6.30. The number of aliphatic carboxylic acids is 1. The summed E-state index contributed by atoms with van der Waals surface area (Å²) < 4.78 is 7.27. The molecule has 1 aromatic heterocycles. The van der Waals surface area contributed by atoms with Gasteiger partial charge in [0.25, 0.3) is 5.19 Å². The van der Waals surface area contributed by atoms with Crippen LogP contribution in [0.1, 0.15) is 44.1 Å². The Morgan fingerprint density at radius 3 is 2.69 bits per heavy atom. The molecule has 3 aliphatic heterocycles. The summed E-state index contributed by atoms with van der Waals surface area (Å²) in [5.41, 5.74) is 3.37. The Morgan fingerprint density at radius 1 is 1.19 bits per heavy atom. The van der Waals surface area contributed by atoms with Gasteiger partial charge >= 0.3 is 5.97 Å². The largest absolute Gasteiger partial charge is 0.480 e. The Morgan fingerprint density at radius 2 is 1.97 bits per heavy atom. The summed E-state index contributed by atoms with van der Waals surface area (Å²) in [4.78, 5) is 32.2. The number of piperidine rings is 1. The van der Waals surface area contributed by atoms with E-state index in [1.165, 1.54) is 12.5 Å². The quantitative estimate of drug-likeness (QED) is 0.486. The summed E-state index contributed by atoms with van der Waals surface area (Å²) in [6.07, 6.45) is 3.90. The molecule has 3 aliphatic rings. The molecule has 8 nitrogen and oxygen atoms in total. The van der Waals surface area contributed by atoms with E-state index in [9.17, 15) is 14.7 Å².